The summed E-state index contributed by atoms with van der Waals surface area (Å²) in [5.74, 6) is -0.951. The number of halogens is 1. The minimum absolute atomic E-state index is 0.000801. The maximum atomic E-state index is 14.1. The Morgan fingerprint density at radius 1 is 1.12 bits per heavy atom. The Kier molecular flexibility index (Phi) is 5.85. The number of hydrogen-bond acceptors (Lipinski definition) is 6. The van der Waals surface area contributed by atoms with Crippen molar-refractivity contribution in [2.45, 2.75) is 13.0 Å². The van der Waals surface area contributed by atoms with Gasteiger partial charge in [0.15, 0.2) is 5.75 Å². The molecule has 0 aliphatic carbocycles. The van der Waals surface area contributed by atoms with Gasteiger partial charge in [-0.1, -0.05) is 42.5 Å². The second kappa shape index (κ2) is 8.89. The first-order valence-electron chi connectivity index (χ1n) is 9.97. The highest BCUT2D eigenvalue weighted by atomic mass is 19.1. The molecular formula is C24H20FN3O4. The maximum absolute atomic E-state index is 14.1. The molecule has 0 bridgehead atoms. The van der Waals surface area contributed by atoms with Crippen molar-refractivity contribution in [3.63, 3.8) is 0 Å². The maximum Gasteiger partial charge on any atom is 0.315 e. The van der Waals surface area contributed by atoms with Crippen LogP contribution >= 0.6 is 0 Å². The molecule has 162 valence electrons. The number of rotatable bonds is 6. The fraction of sp³-hybridized carbons (Fsp3) is 0.125. The third-order valence-electron chi connectivity index (χ3n) is 5.07. The van der Waals surface area contributed by atoms with Gasteiger partial charge in [0.2, 0.25) is 5.75 Å². The summed E-state index contributed by atoms with van der Waals surface area (Å²) in [5, 5.41) is 25.0. The van der Waals surface area contributed by atoms with Gasteiger partial charge in [0.25, 0.3) is 0 Å². The summed E-state index contributed by atoms with van der Waals surface area (Å²) in [7, 11) is 0. The van der Waals surface area contributed by atoms with Gasteiger partial charge in [0.05, 0.1) is 29.6 Å². The van der Waals surface area contributed by atoms with E-state index in [0.29, 0.717) is 22.4 Å². The largest absolute Gasteiger partial charge is 0.500 e. The van der Waals surface area contributed by atoms with Gasteiger partial charge in [0, 0.05) is 17.2 Å². The van der Waals surface area contributed by atoms with E-state index in [2.05, 4.69) is 10.3 Å². The summed E-state index contributed by atoms with van der Waals surface area (Å²) in [5.41, 5.74) is 2.63. The number of nitrogens with zero attached hydrogens (tertiary/aromatic N) is 2. The van der Waals surface area contributed by atoms with Crippen molar-refractivity contribution < 1.29 is 19.2 Å². The molecule has 0 radical (unpaired) electrons. The highest BCUT2D eigenvalue weighted by molar-refractivity contribution is 5.98. The van der Waals surface area contributed by atoms with Gasteiger partial charge in [-0.3, -0.25) is 10.1 Å². The molecule has 0 aromatic heterocycles. The van der Waals surface area contributed by atoms with Crippen LogP contribution in [0.4, 0.5) is 10.1 Å². The highest BCUT2D eigenvalue weighted by Gasteiger charge is 2.29. The second-order valence-corrected chi connectivity index (χ2v) is 7.07. The molecule has 3 aromatic rings. The number of nitrogens with one attached hydrogen (secondary N) is 1. The smallest absolute Gasteiger partial charge is 0.315 e. The Morgan fingerprint density at radius 3 is 2.56 bits per heavy atom. The first-order chi connectivity index (χ1) is 15.5. The quantitative estimate of drug-likeness (QED) is 0.417. The van der Waals surface area contributed by atoms with E-state index in [-0.39, 0.29) is 12.4 Å². The van der Waals surface area contributed by atoms with Crippen molar-refractivity contribution in [2.24, 2.45) is 4.99 Å². The lowest BCUT2D eigenvalue weighted by molar-refractivity contribution is -0.386. The van der Waals surface area contributed by atoms with Gasteiger partial charge in [-0.25, -0.2) is 9.38 Å². The van der Waals surface area contributed by atoms with Crippen LogP contribution in [0, 0.1) is 15.9 Å². The molecule has 0 saturated carbocycles. The van der Waals surface area contributed by atoms with E-state index >= 15 is 0 Å². The minimum atomic E-state index is -0.665. The number of hydrogen-bond donors (Lipinski definition) is 2. The van der Waals surface area contributed by atoms with E-state index in [4.69, 9.17) is 4.74 Å². The molecule has 0 fully saturated rings. The van der Waals surface area contributed by atoms with Gasteiger partial charge in [-0.2, -0.15) is 0 Å². The SMILES string of the molecule is CCOc1cc(C2NC=NC(c3ccccc3)=C2c2cccc(F)c2)cc([N+](=O)[O-])c1O. The Morgan fingerprint density at radius 2 is 1.88 bits per heavy atom. The van der Waals surface area contributed by atoms with Gasteiger partial charge >= 0.3 is 5.69 Å². The van der Waals surface area contributed by atoms with E-state index in [0.717, 1.165) is 5.56 Å². The number of aromatic hydroxyl groups is 1. The molecule has 7 nitrogen and oxygen atoms in total. The molecule has 2 N–H and O–H groups in total. The average molecular weight is 433 g/mol. The van der Waals surface area contributed by atoms with Crippen LogP contribution in [0.1, 0.15) is 29.7 Å². The van der Waals surface area contributed by atoms with Gasteiger partial charge < -0.3 is 15.2 Å². The fourth-order valence-corrected chi connectivity index (χ4v) is 3.70. The summed E-state index contributed by atoms with van der Waals surface area (Å²) in [6, 6.07) is 17.7. The van der Waals surface area contributed by atoms with Crippen LogP contribution < -0.4 is 10.1 Å². The number of aliphatic imine (C=N–C) groups is 1. The summed E-state index contributed by atoms with van der Waals surface area (Å²) < 4.78 is 19.6. The second-order valence-electron chi connectivity index (χ2n) is 7.07. The van der Waals surface area contributed by atoms with E-state index < -0.39 is 28.2 Å². The molecule has 1 atom stereocenters. The zero-order valence-electron chi connectivity index (χ0n) is 17.2. The van der Waals surface area contributed by atoms with Crippen LogP contribution in [0.2, 0.25) is 0 Å². The lowest BCUT2D eigenvalue weighted by atomic mass is 9.88. The number of benzene rings is 3. The zero-order valence-corrected chi connectivity index (χ0v) is 17.2. The molecule has 1 aliphatic rings. The molecule has 0 amide bonds. The molecule has 32 heavy (non-hydrogen) atoms. The predicted octanol–water partition coefficient (Wildman–Crippen LogP) is 5.08. The van der Waals surface area contributed by atoms with E-state index in [9.17, 15) is 19.6 Å². The molecule has 4 rings (SSSR count). The van der Waals surface area contributed by atoms with E-state index in [1.54, 1.807) is 25.1 Å². The van der Waals surface area contributed by atoms with E-state index in [1.165, 1.54) is 24.5 Å². The normalized spacial score (nSPS) is 15.4. The van der Waals surface area contributed by atoms with Gasteiger partial charge in [-0.15, -0.1) is 0 Å². The Labute approximate surface area is 183 Å². The molecular weight excluding hydrogens is 413 g/mol. The van der Waals surface area contributed by atoms with Crippen molar-refractivity contribution in [3.05, 3.63) is 99.4 Å². The molecule has 8 heteroatoms. The molecule has 0 saturated heterocycles. The standard InChI is InChI=1S/C24H20FN3O4/c1-2-32-20-13-17(12-19(24(20)29)28(30)31)23-21(16-9-6-10-18(25)11-16)22(26-14-27-23)15-7-4-3-5-8-15/h3-14,23,29H,2H2,1H3,(H,26,27). The van der Waals surface area contributed by atoms with Crippen molar-refractivity contribution >= 4 is 23.3 Å². The first kappa shape index (κ1) is 21.0. The monoisotopic (exact) mass is 433 g/mol. The van der Waals surface area contributed by atoms with Crippen molar-refractivity contribution in [3.8, 4) is 11.5 Å². The fourth-order valence-electron chi connectivity index (χ4n) is 3.70. The molecule has 1 unspecified atom stereocenters. The topological polar surface area (TPSA) is 97.0 Å². The van der Waals surface area contributed by atoms with Crippen LogP contribution in [0.25, 0.3) is 11.3 Å². The number of phenolic OH excluding ortho intramolecular Hbond substituents is 1. The first-order valence-corrected chi connectivity index (χ1v) is 9.97. The lowest BCUT2D eigenvalue weighted by Gasteiger charge is -2.27. The third-order valence-corrected chi connectivity index (χ3v) is 5.07. The van der Waals surface area contributed by atoms with Crippen molar-refractivity contribution in [1.29, 1.82) is 0 Å². The number of ether oxygens (including phenoxy) is 1. The molecule has 1 aliphatic heterocycles. The Hall–Kier alpha value is -4.20. The zero-order chi connectivity index (χ0) is 22.7. The third kappa shape index (κ3) is 4.02. The summed E-state index contributed by atoms with van der Waals surface area (Å²) in [6.45, 7) is 1.94. The Bertz CT molecular complexity index is 1230. The number of phenols is 1. The van der Waals surface area contributed by atoms with Crippen molar-refractivity contribution in [1.82, 2.24) is 5.32 Å². The summed E-state index contributed by atoms with van der Waals surface area (Å²) in [4.78, 5) is 15.4. The van der Waals surface area contributed by atoms with Gasteiger partial charge in [-0.05, 0) is 36.2 Å². The summed E-state index contributed by atoms with van der Waals surface area (Å²) in [6.07, 6.45) is 1.51. The minimum Gasteiger partial charge on any atom is -0.500 e. The van der Waals surface area contributed by atoms with E-state index in [1.807, 2.05) is 30.3 Å². The number of nitro benzene ring substituents is 1. The average Bonchev–Trinajstić information content (AvgIpc) is 2.80. The highest BCUT2D eigenvalue weighted by Crippen LogP contribution is 2.44. The lowest BCUT2D eigenvalue weighted by Crippen LogP contribution is -2.25. The van der Waals surface area contributed by atoms with Crippen LogP contribution in [0.3, 0.4) is 0 Å². The van der Waals surface area contributed by atoms with Crippen LogP contribution in [-0.4, -0.2) is 23.0 Å². The summed E-state index contributed by atoms with van der Waals surface area (Å²) >= 11 is 0. The molecule has 0 spiro atoms. The Balaban J connectivity index is 1.96. The predicted molar refractivity (Wildman–Crippen MR) is 120 cm³/mol. The van der Waals surface area contributed by atoms with Gasteiger partial charge in [0.1, 0.15) is 5.82 Å². The molecule has 3 aromatic carbocycles. The van der Waals surface area contributed by atoms with Crippen LogP contribution in [-0.2, 0) is 0 Å². The molecule has 1 heterocycles. The van der Waals surface area contributed by atoms with Crippen LogP contribution in [0.15, 0.2) is 71.7 Å². The van der Waals surface area contributed by atoms with Crippen LogP contribution in [0.5, 0.6) is 11.5 Å². The number of nitro groups is 1. The van der Waals surface area contributed by atoms with Crippen molar-refractivity contribution in [2.75, 3.05) is 6.61 Å².